The van der Waals surface area contributed by atoms with Crippen LogP contribution in [0.4, 0.5) is 5.69 Å². The standard InChI is InChI=1S/C12H17BrN2O3S/c1-12(2)8-15(5-6-18-12)19(16,17)11-7-9(13)3-4-10(11)14/h3-4,7H,5-6,8,14H2,1-2H3. The van der Waals surface area contributed by atoms with Crippen LogP contribution in [-0.2, 0) is 14.8 Å². The van der Waals surface area contributed by atoms with Gasteiger partial charge in [0.1, 0.15) is 4.90 Å². The fraction of sp³-hybridized carbons (Fsp3) is 0.500. The summed E-state index contributed by atoms with van der Waals surface area (Å²) >= 11 is 3.27. The van der Waals surface area contributed by atoms with Gasteiger partial charge < -0.3 is 10.5 Å². The minimum absolute atomic E-state index is 0.138. The zero-order valence-corrected chi connectivity index (χ0v) is 13.3. The summed E-state index contributed by atoms with van der Waals surface area (Å²) in [5, 5.41) is 0. The van der Waals surface area contributed by atoms with Crippen molar-refractivity contribution >= 4 is 31.6 Å². The highest BCUT2D eigenvalue weighted by Gasteiger charge is 2.35. The molecule has 1 aromatic carbocycles. The number of nitrogens with two attached hydrogens (primary N) is 1. The second kappa shape index (κ2) is 5.05. The number of ether oxygens (including phenoxy) is 1. The number of hydrogen-bond donors (Lipinski definition) is 1. The summed E-state index contributed by atoms with van der Waals surface area (Å²) < 4.78 is 32.9. The highest BCUT2D eigenvalue weighted by Crippen LogP contribution is 2.28. The smallest absolute Gasteiger partial charge is 0.245 e. The van der Waals surface area contributed by atoms with Crippen molar-refractivity contribution in [3.63, 3.8) is 0 Å². The van der Waals surface area contributed by atoms with Gasteiger partial charge in [0.25, 0.3) is 0 Å². The molecule has 1 aliphatic heterocycles. The number of morpholine rings is 1. The van der Waals surface area contributed by atoms with Gasteiger partial charge in [-0.15, -0.1) is 0 Å². The average molecular weight is 349 g/mol. The number of sulfonamides is 1. The zero-order chi connectivity index (χ0) is 14.3. The van der Waals surface area contributed by atoms with E-state index in [1.807, 2.05) is 13.8 Å². The van der Waals surface area contributed by atoms with Gasteiger partial charge in [-0.25, -0.2) is 8.42 Å². The largest absolute Gasteiger partial charge is 0.398 e. The molecule has 0 amide bonds. The van der Waals surface area contributed by atoms with E-state index in [1.165, 1.54) is 10.4 Å². The number of benzene rings is 1. The van der Waals surface area contributed by atoms with Crippen molar-refractivity contribution in [1.29, 1.82) is 0 Å². The van der Waals surface area contributed by atoms with E-state index in [1.54, 1.807) is 12.1 Å². The van der Waals surface area contributed by atoms with Crippen molar-refractivity contribution in [1.82, 2.24) is 4.31 Å². The third-order valence-corrected chi connectivity index (χ3v) is 5.38. The first-order valence-electron chi connectivity index (χ1n) is 5.91. The van der Waals surface area contributed by atoms with Gasteiger partial charge in [0, 0.05) is 17.6 Å². The number of rotatable bonds is 2. The molecule has 0 aromatic heterocycles. The Morgan fingerprint density at radius 3 is 2.74 bits per heavy atom. The van der Waals surface area contributed by atoms with Gasteiger partial charge in [-0.05, 0) is 32.0 Å². The molecule has 0 unspecified atom stereocenters. The van der Waals surface area contributed by atoms with Gasteiger partial charge in [-0.2, -0.15) is 4.31 Å². The number of halogens is 1. The van der Waals surface area contributed by atoms with E-state index < -0.39 is 15.6 Å². The molecule has 106 valence electrons. The molecule has 0 spiro atoms. The maximum absolute atomic E-state index is 12.6. The highest BCUT2D eigenvalue weighted by molar-refractivity contribution is 9.10. The van der Waals surface area contributed by atoms with E-state index >= 15 is 0 Å². The van der Waals surface area contributed by atoms with E-state index in [9.17, 15) is 8.42 Å². The van der Waals surface area contributed by atoms with E-state index in [-0.39, 0.29) is 10.6 Å². The van der Waals surface area contributed by atoms with Crippen LogP contribution >= 0.6 is 15.9 Å². The molecular formula is C12H17BrN2O3S. The van der Waals surface area contributed by atoms with E-state index in [4.69, 9.17) is 10.5 Å². The predicted octanol–water partition coefficient (Wildman–Crippen LogP) is 1.83. The number of anilines is 1. The third-order valence-electron chi connectivity index (χ3n) is 2.98. The monoisotopic (exact) mass is 348 g/mol. The Labute approximate surface area is 121 Å². The molecule has 19 heavy (non-hydrogen) atoms. The van der Waals surface area contributed by atoms with Crippen molar-refractivity contribution in [2.75, 3.05) is 25.4 Å². The minimum atomic E-state index is -3.59. The first kappa shape index (κ1) is 14.8. The lowest BCUT2D eigenvalue weighted by molar-refractivity contribution is -0.0640. The van der Waals surface area contributed by atoms with Crippen LogP contribution in [0.25, 0.3) is 0 Å². The summed E-state index contributed by atoms with van der Waals surface area (Å²) in [5.74, 6) is 0. The van der Waals surface area contributed by atoms with Crippen LogP contribution in [0.3, 0.4) is 0 Å². The van der Waals surface area contributed by atoms with Crippen molar-refractivity contribution in [3.8, 4) is 0 Å². The van der Waals surface area contributed by atoms with Crippen LogP contribution in [0.2, 0.25) is 0 Å². The molecule has 1 aromatic rings. The first-order valence-corrected chi connectivity index (χ1v) is 8.15. The summed E-state index contributed by atoms with van der Waals surface area (Å²) in [5.41, 5.74) is 5.57. The third kappa shape index (κ3) is 3.10. The van der Waals surface area contributed by atoms with Crippen molar-refractivity contribution < 1.29 is 13.2 Å². The van der Waals surface area contributed by atoms with Gasteiger partial charge in [0.2, 0.25) is 10.0 Å². The summed E-state index contributed by atoms with van der Waals surface area (Å²) in [6, 6.07) is 4.84. The van der Waals surface area contributed by atoms with E-state index in [0.717, 1.165) is 0 Å². The molecule has 0 saturated carbocycles. The maximum Gasteiger partial charge on any atom is 0.245 e. The molecule has 5 nitrogen and oxygen atoms in total. The fourth-order valence-electron chi connectivity index (χ4n) is 2.05. The van der Waals surface area contributed by atoms with Gasteiger partial charge in [0.15, 0.2) is 0 Å². The second-order valence-electron chi connectivity index (χ2n) is 5.13. The van der Waals surface area contributed by atoms with Crippen LogP contribution in [0, 0.1) is 0 Å². The Morgan fingerprint density at radius 2 is 2.11 bits per heavy atom. The molecule has 2 N–H and O–H groups in total. The molecule has 1 aliphatic rings. The lowest BCUT2D eigenvalue weighted by Gasteiger charge is -2.37. The molecule has 2 rings (SSSR count). The molecule has 0 atom stereocenters. The number of nitrogens with zero attached hydrogens (tertiary/aromatic N) is 1. The molecule has 0 bridgehead atoms. The Kier molecular flexibility index (Phi) is 3.92. The van der Waals surface area contributed by atoms with Crippen molar-refractivity contribution in [2.24, 2.45) is 0 Å². The molecule has 1 saturated heterocycles. The molecule has 0 aliphatic carbocycles. The topological polar surface area (TPSA) is 72.6 Å². The summed E-state index contributed by atoms with van der Waals surface area (Å²) in [6.07, 6.45) is 0. The quantitative estimate of drug-likeness (QED) is 0.827. The van der Waals surface area contributed by atoms with Crippen molar-refractivity contribution in [2.45, 2.75) is 24.3 Å². The second-order valence-corrected chi connectivity index (χ2v) is 7.95. The van der Waals surface area contributed by atoms with Crippen LogP contribution in [-0.4, -0.2) is 38.0 Å². The van der Waals surface area contributed by atoms with Crippen molar-refractivity contribution in [3.05, 3.63) is 22.7 Å². The fourth-order valence-corrected chi connectivity index (χ4v) is 4.28. The first-order chi connectivity index (χ1) is 8.72. The molecule has 1 heterocycles. The summed E-state index contributed by atoms with van der Waals surface area (Å²) in [6.45, 7) is 4.80. The van der Waals surface area contributed by atoms with Gasteiger partial charge in [0.05, 0.1) is 17.9 Å². The molecule has 7 heteroatoms. The Bertz CT molecular complexity index is 587. The van der Waals surface area contributed by atoms with E-state index in [2.05, 4.69) is 15.9 Å². The van der Waals surface area contributed by atoms with Crippen LogP contribution in [0.1, 0.15) is 13.8 Å². The Balaban J connectivity index is 2.39. The maximum atomic E-state index is 12.6. The SMILES string of the molecule is CC1(C)CN(S(=O)(=O)c2cc(Br)ccc2N)CCO1. The van der Waals surface area contributed by atoms with Crippen LogP contribution < -0.4 is 5.73 Å². The van der Waals surface area contributed by atoms with Gasteiger partial charge in [-0.1, -0.05) is 15.9 Å². The molecule has 0 radical (unpaired) electrons. The van der Waals surface area contributed by atoms with E-state index in [0.29, 0.717) is 24.2 Å². The number of hydrogen-bond acceptors (Lipinski definition) is 4. The molecule has 1 fully saturated rings. The Hall–Kier alpha value is -0.630. The molecular weight excluding hydrogens is 332 g/mol. The summed E-state index contributed by atoms with van der Waals surface area (Å²) in [4.78, 5) is 0.138. The average Bonchev–Trinajstić information content (AvgIpc) is 2.31. The lowest BCUT2D eigenvalue weighted by atomic mass is 10.1. The van der Waals surface area contributed by atoms with Crippen LogP contribution in [0.5, 0.6) is 0 Å². The highest BCUT2D eigenvalue weighted by atomic mass is 79.9. The minimum Gasteiger partial charge on any atom is -0.398 e. The zero-order valence-electron chi connectivity index (χ0n) is 10.9. The number of nitrogen functional groups attached to an aromatic ring is 1. The van der Waals surface area contributed by atoms with Crippen LogP contribution in [0.15, 0.2) is 27.6 Å². The normalized spacial score (nSPS) is 20.4. The van der Waals surface area contributed by atoms with Gasteiger partial charge in [-0.3, -0.25) is 0 Å². The summed E-state index contributed by atoms with van der Waals surface area (Å²) in [7, 11) is -3.59. The lowest BCUT2D eigenvalue weighted by Crippen LogP contribution is -2.50. The van der Waals surface area contributed by atoms with Gasteiger partial charge >= 0.3 is 0 Å². The Morgan fingerprint density at radius 1 is 1.42 bits per heavy atom. The predicted molar refractivity (Wildman–Crippen MR) is 77.3 cm³/mol.